The average Bonchev–Trinajstić information content (AvgIpc) is 2.69. The van der Waals surface area contributed by atoms with Crippen molar-refractivity contribution in [3.05, 3.63) is 35.9 Å². The number of ether oxygens (including phenoxy) is 1. The summed E-state index contributed by atoms with van der Waals surface area (Å²) in [6.07, 6.45) is -1.90. The van der Waals surface area contributed by atoms with Crippen LogP contribution in [0.15, 0.2) is 30.3 Å². The maximum atomic E-state index is 12.2. The van der Waals surface area contributed by atoms with Crippen LogP contribution in [0, 0.1) is 0 Å². The Kier molecular flexibility index (Phi) is 10.8. The van der Waals surface area contributed by atoms with Crippen LogP contribution in [0.5, 0.6) is 0 Å². The van der Waals surface area contributed by atoms with Gasteiger partial charge < -0.3 is 30.6 Å². The van der Waals surface area contributed by atoms with E-state index in [0.717, 1.165) is 5.56 Å². The van der Waals surface area contributed by atoms with Gasteiger partial charge in [-0.2, -0.15) is 0 Å². The molecule has 0 heterocycles. The average molecular weight is 468 g/mol. The maximum Gasteiger partial charge on any atom is 0.407 e. The van der Waals surface area contributed by atoms with Crippen molar-refractivity contribution in [3.63, 3.8) is 0 Å². The van der Waals surface area contributed by atoms with Crippen molar-refractivity contribution in [1.82, 2.24) is 10.6 Å². The van der Waals surface area contributed by atoms with E-state index in [0.29, 0.717) is 6.61 Å². The van der Waals surface area contributed by atoms with E-state index in [2.05, 4.69) is 44.5 Å². The van der Waals surface area contributed by atoms with Gasteiger partial charge in [-0.1, -0.05) is 51.1 Å². The minimum atomic E-state index is -1.98. The van der Waals surface area contributed by atoms with Gasteiger partial charge in [0.25, 0.3) is 0 Å². The lowest BCUT2D eigenvalue weighted by atomic mass is 10.1. The Morgan fingerprint density at radius 1 is 1.16 bits per heavy atom. The molecule has 1 rings (SSSR count). The van der Waals surface area contributed by atoms with Gasteiger partial charge in [0, 0.05) is 13.2 Å². The summed E-state index contributed by atoms with van der Waals surface area (Å²) in [7, 11) is -1.98. The summed E-state index contributed by atoms with van der Waals surface area (Å²) in [5.74, 6) is -1.22. The molecule has 3 amide bonds. The second kappa shape index (κ2) is 12.6. The highest BCUT2D eigenvalue weighted by molar-refractivity contribution is 6.74. The van der Waals surface area contributed by atoms with Gasteiger partial charge in [-0.05, 0) is 30.1 Å². The van der Waals surface area contributed by atoms with Gasteiger partial charge in [-0.3, -0.25) is 9.59 Å². The molecule has 10 heteroatoms. The summed E-state index contributed by atoms with van der Waals surface area (Å²) in [4.78, 5) is 35.6. The molecule has 0 aliphatic rings. The van der Waals surface area contributed by atoms with E-state index in [9.17, 15) is 19.5 Å². The molecule has 0 spiro atoms. The normalized spacial score (nSPS) is 13.7. The Labute approximate surface area is 191 Å². The van der Waals surface area contributed by atoms with E-state index in [1.54, 1.807) is 0 Å². The zero-order valence-electron chi connectivity index (χ0n) is 19.6. The van der Waals surface area contributed by atoms with Crippen LogP contribution >= 0.6 is 0 Å². The fraction of sp³-hybridized carbons (Fsp3) is 0.591. The van der Waals surface area contributed by atoms with Gasteiger partial charge in [0.15, 0.2) is 8.32 Å². The first-order chi connectivity index (χ1) is 14.8. The van der Waals surface area contributed by atoms with Crippen LogP contribution in [-0.2, 0) is 25.4 Å². The number of amides is 3. The molecule has 9 nitrogen and oxygen atoms in total. The molecule has 0 aliphatic carbocycles. The number of primary amides is 1. The quantitative estimate of drug-likeness (QED) is 0.347. The van der Waals surface area contributed by atoms with Crippen molar-refractivity contribution in [2.24, 2.45) is 5.73 Å². The molecule has 0 aromatic heterocycles. The van der Waals surface area contributed by atoms with Crippen LogP contribution in [0.1, 0.15) is 39.2 Å². The molecule has 0 bridgehead atoms. The molecule has 0 fully saturated rings. The van der Waals surface area contributed by atoms with Crippen molar-refractivity contribution < 1.29 is 28.7 Å². The van der Waals surface area contributed by atoms with Crippen molar-refractivity contribution in [3.8, 4) is 0 Å². The highest BCUT2D eigenvalue weighted by Gasteiger charge is 2.37. The molecule has 2 atom stereocenters. The lowest BCUT2D eigenvalue weighted by Gasteiger charge is -2.36. The van der Waals surface area contributed by atoms with Crippen molar-refractivity contribution >= 4 is 26.2 Å². The second-order valence-corrected chi connectivity index (χ2v) is 14.0. The number of rotatable bonds is 12. The highest BCUT2D eigenvalue weighted by Crippen LogP contribution is 2.36. The molecule has 0 radical (unpaired) electrons. The van der Waals surface area contributed by atoms with E-state index in [4.69, 9.17) is 14.9 Å². The Morgan fingerprint density at radius 2 is 1.78 bits per heavy atom. The summed E-state index contributed by atoms with van der Waals surface area (Å²) in [5.41, 5.74) is 6.23. The number of aliphatic hydroxyl groups is 1. The lowest BCUT2D eigenvalue weighted by molar-refractivity contribution is -0.128. The Bertz CT molecular complexity index is 752. The molecule has 0 saturated heterocycles. The van der Waals surface area contributed by atoms with Gasteiger partial charge in [0.1, 0.15) is 12.6 Å². The fourth-order valence-electron chi connectivity index (χ4n) is 2.45. The van der Waals surface area contributed by atoms with Gasteiger partial charge >= 0.3 is 6.09 Å². The Morgan fingerprint density at radius 3 is 2.34 bits per heavy atom. The zero-order chi connectivity index (χ0) is 24.4. The smallest absolute Gasteiger partial charge is 0.407 e. The number of alkyl carbamates (subject to hydrolysis) is 1. The minimum absolute atomic E-state index is 0.0256. The number of carbonyl (C=O) groups excluding carboxylic acids is 3. The molecule has 32 heavy (non-hydrogen) atoms. The third-order valence-electron chi connectivity index (χ3n) is 5.47. The first-order valence-corrected chi connectivity index (χ1v) is 13.6. The Balaban J connectivity index is 2.37. The van der Waals surface area contributed by atoms with Gasteiger partial charge in [-0.25, -0.2) is 4.79 Å². The number of nitrogens with one attached hydrogen (secondary N) is 2. The molecule has 1 aromatic carbocycles. The van der Waals surface area contributed by atoms with Crippen molar-refractivity contribution in [2.45, 2.75) is 70.5 Å². The first-order valence-electron chi connectivity index (χ1n) is 10.7. The second-order valence-electron chi connectivity index (χ2n) is 9.22. The van der Waals surface area contributed by atoms with E-state index >= 15 is 0 Å². The molecule has 1 aromatic rings. The van der Waals surface area contributed by atoms with E-state index in [-0.39, 0.29) is 31.0 Å². The lowest BCUT2D eigenvalue weighted by Crippen LogP contribution is -2.48. The summed E-state index contributed by atoms with van der Waals surface area (Å²) < 4.78 is 11.1. The first kappa shape index (κ1) is 27.6. The van der Waals surface area contributed by atoms with Crippen LogP contribution in [-0.4, -0.2) is 56.6 Å². The van der Waals surface area contributed by atoms with E-state index < -0.39 is 38.4 Å². The van der Waals surface area contributed by atoms with E-state index in [1.807, 2.05) is 30.3 Å². The SMILES string of the molecule is CC(C)(C)[Si](C)(C)OCC[C@@H](NC(=O)C[C@H](O)CNC(=O)OCc1ccccc1)C(N)=O. The third-order valence-corrected chi connectivity index (χ3v) is 10.0. The molecule has 180 valence electrons. The number of nitrogens with two attached hydrogens (primary N) is 1. The monoisotopic (exact) mass is 467 g/mol. The predicted molar refractivity (Wildman–Crippen MR) is 124 cm³/mol. The highest BCUT2D eigenvalue weighted by atomic mass is 28.4. The number of hydrogen-bond donors (Lipinski definition) is 4. The fourth-order valence-corrected chi connectivity index (χ4v) is 3.51. The van der Waals surface area contributed by atoms with Crippen molar-refractivity contribution in [1.29, 1.82) is 0 Å². The number of benzene rings is 1. The summed E-state index contributed by atoms with van der Waals surface area (Å²) >= 11 is 0. The summed E-state index contributed by atoms with van der Waals surface area (Å²) in [5, 5.41) is 15.0. The molecular formula is C22H37N3O6Si. The topological polar surface area (TPSA) is 140 Å². The van der Waals surface area contributed by atoms with Crippen LogP contribution in [0.4, 0.5) is 4.79 Å². The number of carbonyl (C=O) groups is 3. The van der Waals surface area contributed by atoms with Crippen LogP contribution in [0.3, 0.4) is 0 Å². The standard InChI is InChI=1S/C22H37N3O6Si/c1-22(2,3)32(4,5)31-12-11-18(20(23)28)25-19(27)13-17(26)14-24-21(29)30-15-16-9-7-6-8-10-16/h6-10,17-18,26H,11-15H2,1-5H3,(H2,23,28)(H,24,29)(H,25,27)/t17-,18+/m0/s1. The van der Waals surface area contributed by atoms with Crippen LogP contribution < -0.4 is 16.4 Å². The zero-order valence-corrected chi connectivity index (χ0v) is 20.6. The minimum Gasteiger partial charge on any atom is -0.445 e. The van der Waals surface area contributed by atoms with Crippen LogP contribution in [0.25, 0.3) is 0 Å². The summed E-state index contributed by atoms with van der Waals surface area (Å²) in [6, 6.07) is 8.26. The predicted octanol–water partition coefficient (Wildman–Crippen LogP) is 2.05. The molecular weight excluding hydrogens is 430 g/mol. The van der Waals surface area contributed by atoms with Gasteiger partial charge in [0.2, 0.25) is 11.8 Å². The molecule has 5 N–H and O–H groups in total. The number of aliphatic hydroxyl groups excluding tert-OH is 1. The van der Waals surface area contributed by atoms with Crippen molar-refractivity contribution in [2.75, 3.05) is 13.2 Å². The van der Waals surface area contributed by atoms with Crippen LogP contribution in [0.2, 0.25) is 18.1 Å². The summed E-state index contributed by atoms with van der Waals surface area (Å²) in [6.45, 7) is 10.7. The Hall–Kier alpha value is -2.43. The molecule has 0 saturated carbocycles. The number of hydrogen-bond acceptors (Lipinski definition) is 6. The van der Waals surface area contributed by atoms with Gasteiger partial charge in [0.05, 0.1) is 12.5 Å². The molecule has 0 aliphatic heterocycles. The largest absolute Gasteiger partial charge is 0.445 e. The van der Waals surface area contributed by atoms with Gasteiger partial charge in [-0.15, -0.1) is 0 Å². The van der Waals surface area contributed by atoms with E-state index in [1.165, 1.54) is 0 Å². The molecule has 0 unspecified atom stereocenters. The third kappa shape index (κ3) is 10.3. The maximum absolute atomic E-state index is 12.2.